The Balaban J connectivity index is 1.39. The van der Waals surface area contributed by atoms with E-state index in [1.807, 2.05) is 0 Å². The molecule has 1 fully saturated rings. The second-order valence-corrected chi connectivity index (χ2v) is 5.62. The van der Waals surface area contributed by atoms with Crippen molar-refractivity contribution in [2.45, 2.75) is 18.4 Å². The van der Waals surface area contributed by atoms with Gasteiger partial charge in [-0.15, -0.1) is 0 Å². The van der Waals surface area contributed by atoms with Gasteiger partial charge in [-0.3, -0.25) is 9.78 Å². The number of rotatable bonds is 5. The Bertz CT molecular complexity index is 721. The van der Waals surface area contributed by atoms with Crippen LogP contribution in [0.3, 0.4) is 0 Å². The van der Waals surface area contributed by atoms with E-state index in [0.717, 1.165) is 12.0 Å². The third kappa shape index (κ3) is 4.28. The molecule has 24 heavy (non-hydrogen) atoms. The number of anilines is 1. The fraction of sp³-hybridized carbons (Fsp3) is 0.235. The van der Waals surface area contributed by atoms with Crippen LogP contribution >= 0.6 is 0 Å². The minimum absolute atomic E-state index is 0.0110. The molecular formula is C17H17FN4O2. The van der Waals surface area contributed by atoms with Gasteiger partial charge in [-0.1, -0.05) is 12.1 Å². The Morgan fingerprint density at radius 1 is 1.21 bits per heavy atom. The highest BCUT2D eigenvalue weighted by Gasteiger charge is 2.39. The highest BCUT2D eigenvalue weighted by molar-refractivity contribution is 5.94. The van der Waals surface area contributed by atoms with Crippen molar-refractivity contribution >= 4 is 17.6 Å². The number of carbonyl (C=O) groups excluding carboxylic acids is 2. The van der Waals surface area contributed by atoms with E-state index in [4.69, 9.17) is 0 Å². The number of pyridine rings is 1. The molecule has 6 nitrogen and oxygen atoms in total. The summed E-state index contributed by atoms with van der Waals surface area (Å²) in [7, 11) is 0. The topological polar surface area (TPSA) is 83.1 Å². The molecule has 0 saturated heterocycles. The van der Waals surface area contributed by atoms with Gasteiger partial charge in [-0.25, -0.2) is 9.18 Å². The number of halogens is 1. The van der Waals surface area contributed by atoms with Crippen molar-refractivity contribution in [3.63, 3.8) is 0 Å². The van der Waals surface area contributed by atoms with E-state index in [1.54, 1.807) is 30.5 Å². The molecule has 1 heterocycles. The maximum atomic E-state index is 12.9. The van der Waals surface area contributed by atoms with Crippen molar-refractivity contribution in [3.8, 4) is 0 Å². The predicted octanol–water partition coefficient (Wildman–Crippen LogP) is 2.01. The molecule has 124 valence electrons. The van der Waals surface area contributed by atoms with Crippen LogP contribution in [0.4, 0.5) is 14.9 Å². The number of nitrogens with zero attached hydrogens (tertiary/aromatic N) is 1. The molecule has 1 aliphatic rings. The molecule has 7 heteroatoms. The van der Waals surface area contributed by atoms with Crippen LogP contribution in [-0.2, 0) is 4.79 Å². The number of carbonyl (C=O) groups is 2. The molecule has 0 spiro atoms. The number of nitrogens with one attached hydrogen (secondary N) is 3. The van der Waals surface area contributed by atoms with Gasteiger partial charge in [0.25, 0.3) is 0 Å². The molecule has 0 unspecified atom stereocenters. The lowest BCUT2D eigenvalue weighted by Crippen LogP contribution is -2.41. The maximum Gasteiger partial charge on any atom is 0.315 e. The smallest absolute Gasteiger partial charge is 0.315 e. The van der Waals surface area contributed by atoms with Gasteiger partial charge in [0.2, 0.25) is 5.91 Å². The van der Waals surface area contributed by atoms with Crippen LogP contribution in [-0.4, -0.2) is 29.5 Å². The molecule has 1 aliphatic carbocycles. The van der Waals surface area contributed by atoms with Gasteiger partial charge in [-0.05, 0) is 36.2 Å². The first kappa shape index (κ1) is 15.9. The van der Waals surface area contributed by atoms with E-state index in [-0.39, 0.29) is 30.2 Å². The maximum absolute atomic E-state index is 12.9. The van der Waals surface area contributed by atoms with Crippen molar-refractivity contribution in [3.05, 3.63) is 60.2 Å². The molecule has 0 bridgehead atoms. The van der Waals surface area contributed by atoms with Crippen LogP contribution < -0.4 is 16.0 Å². The minimum Gasteiger partial charge on any atom is -0.335 e. The Morgan fingerprint density at radius 2 is 2.00 bits per heavy atom. The zero-order valence-corrected chi connectivity index (χ0v) is 12.8. The van der Waals surface area contributed by atoms with E-state index in [1.165, 1.54) is 18.3 Å². The first-order valence-corrected chi connectivity index (χ1v) is 7.61. The molecule has 0 radical (unpaired) electrons. The van der Waals surface area contributed by atoms with Gasteiger partial charge in [0.15, 0.2) is 0 Å². The number of hydrogen-bond donors (Lipinski definition) is 3. The summed E-state index contributed by atoms with van der Waals surface area (Å²) in [5, 5.41) is 7.94. The van der Waals surface area contributed by atoms with Crippen molar-refractivity contribution in [2.75, 3.05) is 11.9 Å². The van der Waals surface area contributed by atoms with Gasteiger partial charge < -0.3 is 16.0 Å². The highest BCUT2D eigenvalue weighted by atomic mass is 19.1. The Hall–Kier alpha value is -2.96. The normalized spacial score (nSPS) is 18.5. The van der Waals surface area contributed by atoms with Crippen molar-refractivity contribution < 1.29 is 14.0 Å². The monoisotopic (exact) mass is 328 g/mol. The van der Waals surface area contributed by atoms with E-state index in [2.05, 4.69) is 20.9 Å². The van der Waals surface area contributed by atoms with Crippen LogP contribution in [0.1, 0.15) is 17.9 Å². The number of benzene rings is 1. The number of urea groups is 1. The van der Waals surface area contributed by atoms with Crippen LogP contribution in [0.15, 0.2) is 48.8 Å². The summed E-state index contributed by atoms with van der Waals surface area (Å²) >= 11 is 0. The summed E-state index contributed by atoms with van der Waals surface area (Å²) in [5.41, 5.74) is 1.57. The van der Waals surface area contributed by atoms with E-state index in [0.29, 0.717) is 5.69 Å². The predicted molar refractivity (Wildman–Crippen MR) is 86.9 cm³/mol. The van der Waals surface area contributed by atoms with Gasteiger partial charge >= 0.3 is 6.03 Å². The van der Waals surface area contributed by atoms with Crippen molar-refractivity contribution in [2.24, 2.45) is 0 Å². The first-order chi connectivity index (χ1) is 11.6. The lowest BCUT2D eigenvalue weighted by atomic mass is 10.1. The molecule has 3 amide bonds. The highest BCUT2D eigenvalue weighted by Crippen LogP contribution is 2.40. The van der Waals surface area contributed by atoms with E-state index >= 15 is 0 Å². The second-order valence-electron chi connectivity index (χ2n) is 5.62. The Kier molecular flexibility index (Phi) is 4.69. The van der Waals surface area contributed by atoms with Crippen LogP contribution in [0.25, 0.3) is 0 Å². The van der Waals surface area contributed by atoms with Crippen LogP contribution in [0, 0.1) is 5.82 Å². The molecule has 3 N–H and O–H groups in total. The molecule has 0 aliphatic heterocycles. The lowest BCUT2D eigenvalue weighted by Gasteiger charge is -2.08. The Labute approximate surface area is 138 Å². The van der Waals surface area contributed by atoms with E-state index < -0.39 is 6.03 Å². The van der Waals surface area contributed by atoms with Crippen molar-refractivity contribution in [1.82, 2.24) is 15.6 Å². The lowest BCUT2D eigenvalue weighted by molar-refractivity contribution is -0.115. The molecule has 2 atom stereocenters. The van der Waals surface area contributed by atoms with Gasteiger partial charge in [0.05, 0.1) is 18.4 Å². The molecule has 3 rings (SSSR count). The summed E-state index contributed by atoms with van der Waals surface area (Å²) in [6, 6.07) is 9.30. The van der Waals surface area contributed by atoms with Gasteiger partial charge in [-0.2, -0.15) is 0 Å². The van der Waals surface area contributed by atoms with Gasteiger partial charge in [0, 0.05) is 18.2 Å². The zero-order valence-electron chi connectivity index (χ0n) is 12.8. The fourth-order valence-electron chi connectivity index (χ4n) is 2.45. The second kappa shape index (κ2) is 7.08. The quantitative estimate of drug-likeness (QED) is 0.785. The third-order valence-corrected chi connectivity index (χ3v) is 3.76. The average molecular weight is 328 g/mol. The molecule has 1 saturated carbocycles. The van der Waals surface area contributed by atoms with Crippen LogP contribution in [0.5, 0.6) is 0 Å². The summed E-state index contributed by atoms with van der Waals surface area (Å²) < 4.78 is 12.9. The summed E-state index contributed by atoms with van der Waals surface area (Å²) in [6.07, 6.45) is 3.94. The zero-order chi connectivity index (χ0) is 16.9. The summed E-state index contributed by atoms with van der Waals surface area (Å²) in [4.78, 5) is 27.4. The SMILES string of the molecule is O=C(CNC(=O)N[C@H]1C[C@@H]1c1ccc(F)cc1)Nc1cccnc1. The summed E-state index contributed by atoms with van der Waals surface area (Å²) in [5.74, 6) is -0.411. The summed E-state index contributed by atoms with van der Waals surface area (Å²) in [6.45, 7) is -0.130. The molecule has 1 aromatic carbocycles. The van der Waals surface area contributed by atoms with Gasteiger partial charge in [0.1, 0.15) is 5.82 Å². The Morgan fingerprint density at radius 3 is 2.71 bits per heavy atom. The number of aromatic nitrogens is 1. The molecule has 1 aromatic heterocycles. The largest absolute Gasteiger partial charge is 0.335 e. The molecule has 2 aromatic rings. The number of hydrogen-bond acceptors (Lipinski definition) is 3. The average Bonchev–Trinajstić information content (AvgIpc) is 3.33. The first-order valence-electron chi connectivity index (χ1n) is 7.61. The minimum atomic E-state index is -0.397. The molecular weight excluding hydrogens is 311 g/mol. The van der Waals surface area contributed by atoms with Crippen LogP contribution in [0.2, 0.25) is 0 Å². The third-order valence-electron chi connectivity index (χ3n) is 3.76. The van der Waals surface area contributed by atoms with E-state index in [9.17, 15) is 14.0 Å². The standard InChI is InChI=1S/C17H17FN4O2/c18-12-5-3-11(4-6-12)14-8-15(14)22-17(24)20-10-16(23)21-13-2-1-7-19-9-13/h1-7,9,14-15H,8,10H2,(H,21,23)(H2,20,22,24)/t14-,15+/m1/s1. The number of amides is 3. The van der Waals surface area contributed by atoms with Crippen molar-refractivity contribution in [1.29, 1.82) is 0 Å². The fourth-order valence-corrected chi connectivity index (χ4v) is 2.45.